The Morgan fingerprint density at radius 1 is 1.82 bits per heavy atom. The Morgan fingerprint density at radius 2 is 2.55 bits per heavy atom. The molecule has 0 saturated heterocycles. The fraction of sp³-hybridized carbons (Fsp3) is 0.333. The topological polar surface area (TPSA) is 79.2 Å². The number of aromatic nitrogens is 1. The highest BCUT2D eigenvalue weighted by Crippen LogP contribution is 1.99. The Balaban J connectivity index is 2.50. The quantitative estimate of drug-likeness (QED) is 0.371. The summed E-state index contributed by atoms with van der Waals surface area (Å²) < 4.78 is 0. The normalized spacial score (nSPS) is 12.8. The first kappa shape index (κ1) is 7.74. The van der Waals surface area contributed by atoms with Gasteiger partial charge in [0.05, 0.1) is 11.3 Å². The molecule has 1 aromatic rings. The summed E-state index contributed by atoms with van der Waals surface area (Å²) in [5.41, 5.74) is 0.661. The number of hydrogen-bond donors (Lipinski definition) is 2. The van der Waals surface area contributed by atoms with Crippen LogP contribution in [0.15, 0.2) is 18.3 Å². The van der Waals surface area contributed by atoms with E-state index in [0.717, 1.165) is 0 Å². The monoisotopic (exact) mass is 156 g/mol. The Labute approximate surface area is 62.8 Å². The van der Waals surface area contributed by atoms with Crippen LogP contribution in [0, 0.1) is 10.1 Å². The van der Waals surface area contributed by atoms with E-state index in [9.17, 15) is 10.1 Å². The number of aliphatic hydroxyl groups is 1. The van der Waals surface area contributed by atoms with E-state index in [0.29, 0.717) is 5.69 Å². The molecule has 5 heteroatoms. The lowest BCUT2D eigenvalue weighted by molar-refractivity contribution is -0.569. The Bertz CT molecular complexity index is 232. The van der Waals surface area contributed by atoms with Crippen LogP contribution in [0.2, 0.25) is 0 Å². The van der Waals surface area contributed by atoms with Crippen LogP contribution in [0.4, 0.5) is 0 Å². The third-order valence-corrected chi connectivity index (χ3v) is 1.31. The maximum Gasteiger partial charge on any atom is 0.318 e. The summed E-state index contributed by atoms with van der Waals surface area (Å²) >= 11 is 0. The zero-order chi connectivity index (χ0) is 8.27. The van der Waals surface area contributed by atoms with Crippen molar-refractivity contribution in [3.05, 3.63) is 34.1 Å². The van der Waals surface area contributed by atoms with Crippen molar-refractivity contribution in [2.45, 2.75) is 12.6 Å². The highest BCUT2D eigenvalue weighted by Gasteiger charge is 2.15. The van der Waals surface area contributed by atoms with Crippen LogP contribution >= 0.6 is 0 Å². The van der Waals surface area contributed by atoms with E-state index in [1.165, 1.54) is 0 Å². The molecular formula is C6H8N2O3. The van der Waals surface area contributed by atoms with Crippen LogP contribution in [0.1, 0.15) is 5.69 Å². The van der Waals surface area contributed by atoms with Crippen molar-refractivity contribution in [3.63, 3.8) is 0 Å². The fourth-order valence-electron chi connectivity index (χ4n) is 0.766. The molecule has 60 valence electrons. The first-order chi connectivity index (χ1) is 5.20. The lowest BCUT2D eigenvalue weighted by atomic mass is 10.3. The molecule has 0 bridgehead atoms. The number of nitrogens with one attached hydrogen (secondary N) is 1. The van der Waals surface area contributed by atoms with Gasteiger partial charge in [0, 0.05) is 11.9 Å². The van der Waals surface area contributed by atoms with Crippen molar-refractivity contribution < 1.29 is 10.0 Å². The van der Waals surface area contributed by atoms with Gasteiger partial charge >= 0.3 is 6.23 Å². The SMILES string of the molecule is O=[N+]([O-])C(O)Cc1ccc[nH]1. The zero-order valence-electron chi connectivity index (χ0n) is 5.73. The minimum atomic E-state index is -1.51. The van der Waals surface area contributed by atoms with E-state index in [1.54, 1.807) is 18.3 Å². The maximum absolute atomic E-state index is 9.97. The predicted octanol–water partition coefficient (Wildman–Crippen LogP) is 0.152. The van der Waals surface area contributed by atoms with Gasteiger partial charge in [0.1, 0.15) is 0 Å². The van der Waals surface area contributed by atoms with Gasteiger partial charge in [0.2, 0.25) is 0 Å². The number of aliphatic hydroxyl groups excluding tert-OH is 1. The molecule has 1 unspecified atom stereocenters. The molecule has 0 aliphatic rings. The van der Waals surface area contributed by atoms with Gasteiger partial charge in [0.15, 0.2) is 0 Å². The second kappa shape index (κ2) is 3.16. The minimum Gasteiger partial charge on any atom is -0.365 e. The molecule has 5 nitrogen and oxygen atoms in total. The number of rotatable bonds is 3. The summed E-state index contributed by atoms with van der Waals surface area (Å²) in [6, 6.07) is 3.41. The van der Waals surface area contributed by atoms with Gasteiger partial charge in [0.25, 0.3) is 0 Å². The van der Waals surface area contributed by atoms with Crippen LogP contribution in [-0.4, -0.2) is 21.2 Å². The fourth-order valence-corrected chi connectivity index (χ4v) is 0.766. The van der Waals surface area contributed by atoms with Gasteiger partial charge in [-0.05, 0) is 12.1 Å². The van der Waals surface area contributed by atoms with Crippen molar-refractivity contribution in [1.82, 2.24) is 4.98 Å². The van der Waals surface area contributed by atoms with Gasteiger partial charge in [-0.15, -0.1) is 0 Å². The molecule has 1 aromatic heterocycles. The van der Waals surface area contributed by atoms with Gasteiger partial charge < -0.3 is 10.1 Å². The van der Waals surface area contributed by atoms with E-state index in [-0.39, 0.29) is 6.42 Å². The summed E-state index contributed by atoms with van der Waals surface area (Å²) in [7, 11) is 0. The van der Waals surface area contributed by atoms with Gasteiger partial charge in [-0.2, -0.15) is 0 Å². The van der Waals surface area contributed by atoms with Gasteiger partial charge in [-0.3, -0.25) is 10.1 Å². The molecule has 0 fully saturated rings. The molecule has 1 rings (SSSR count). The maximum atomic E-state index is 9.97. The predicted molar refractivity (Wildman–Crippen MR) is 37.5 cm³/mol. The third kappa shape index (κ3) is 2.05. The molecule has 1 heterocycles. The minimum absolute atomic E-state index is 0.0278. The molecule has 0 radical (unpaired) electrons. The number of H-pyrrole nitrogens is 1. The molecule has 11 heavy (non-hydrogen) atoms. The molecule has 0 aliphatic carbocycles. The molecule has 0 aromatic carbocycles. The van der Waals surface area contributed by atoms with Crippen LogP contribution in [0.25, 0.3) is 0 Å². The molecule has 0 amide bonds. The summed E-state index contributed by atoms with van der Waals surface area (Å²) in [4.78, 5) is 12.0. The van der Waals surface area contributed by atoms with Crippen molar-refractivity contribution in [3.8, 4) is 0 Å². The van der Waals surface area contributed by atoms with Crippen LogP contribution < -0.4 is 0 Å². The second-order valence-electron chi connectivity index (χ2n) is 2.17. The van der Waals surface area contributed by atoms with E-state index in [1.807, 2.05) is 0 Å². The average molecular weight is 156 g/mol. The molecule has 0 saturated carbocycles. The Morgan fingerprint density at radius 3 is 3.00 bits per heavy atom. The molecule has 0 spiro atoms. The van der Waals surface area contributed by atoms with E-state index >= 15 is 0 Å². The largest absolute Gasteiger partial charge is 0.365 e. The molecule has 2 N–H and O–H groups in total. The van der Waals surface area contributed by atoms with Crippen LogP contribution in [0.5, 0.6) is 0 Å². The highest BCUT2D eigenvalue weighted by molar-refractivity contribution is 5.03. The molecule has 1 atom stereocenters. The summed E-state index contributed by atoms with van der Waals surface area (Å²) in [5, 5.41) is 18.7. The van der Waals surface area contributed by atoms with Crippen molar-refractivity contribution in [1.29, 1.82) is 0 Å². The van der Waals surface area contributed by atoms with Crippen molar-refractivity contribution in [2.24, 2.45) is 0 Å². The summed E-state index contributed by atoms with van der Waals surface area (Å²) in [5.74, 6) is 0. The second-order valence-corrected chi connectivity index (χ2v) is 2.17. The number of aromatic amines is 1. The van der Waals surface area contributed by atoms with Crippen molar-refractivity contribution >= 4 is 0 Å². The average Bonchev–Trinajstić information content (AvgIpc) is 2.39. The first-order valence-corrected chi connectivity index (χ1v) is 3.14. The smallest absolute Gasteiger partial charge is 0.318 e. The Kier molecular flexibility index (Phi) is 2.22. The zero-order valence-corrected chi connectivity index (χ0v) is 5.73. The molecule has 0 aliphatic heterocycles. The van der Waals surface area contributed by atoms with Gasteiger partial charge in [-0.25, -0.2) is 0 Å². The van der Waals surface area contributed by atoms with Gasteiger partial charge in [-0.1, -0.05) is 0 Å². The summed E-state index contributed by atoms with van der Waals surface area (Å²) in [6.45, 7) is 0. The van der Waals surface area contributed by atoms with Crippen molar-refractivity contribution in [2.75, 3.05) is 0 Å². The van der Waals surface area contributed by atoms with E-state index in [4.69, 9.17) is 5.11 Å². The number of hydrogen-bond acceptors (Lipinski definition) is 3. The van der Waals surface area contributed by atoms with Crippen LogP contribution in [-0.2, 0) is 6.42 Å². The number of nitrogens with zero attached hydrogens (tertiary/aromatic N) is 1. The lowest BCUT2D eigenvalue weighted by Gasteiger charge is -1.98. The van der Waals surface area contributed by atoms with E-state index in [2.05, 4.69) is 4.98 Å². The summed E-state index contributed by atoms with van der Waals surface area (Å²) in [6.07, 6.45) is 0.177. The van der Waals surface area contributed by atoms with Crippen LogP contribution in [0.3, 0.4) is 0 Å². The highest BCUT2D eigenvalue weighted by atomic mass is 16.7. The first-order valence-electron chi connectivity index (χ1n) is 3.14. The lowest BCUT2D eigenvalue weighted by Crippen LogP contribution is -2.21. The Hall–Kier alpha value is -1.36. The standard InChI is InChI=1S/C6H8N2O3/c9-6(8(10)11)4-5-2-1-3-7-5/h1-3,6-7,9H,4H2. The third-order valence-electron chi connectivity index (χ3n) is 1.31. The molecular weight excluding hydrogens is 148 g/mol. The number of nitro groups is 1. The van der Waals surface area contributed by atoms with E-state index < -0.39 is 11.2 Å².